The summed E-state index contributed by atoms with van der Waals surface area (Å²) in [5, 5.41) is 6.67. The Kier molecular flexibility index (Phi) is 12.0. The van der Waals surface area contributed by atoms with Gasteiger partial charge in [-0.3, -0.25) is 9.98 Å². The van der Waals surface area contributed by atoms with E-state index in [-0.39, 0.29) is 24.0 Å². The second kappa shape index (κ2) is 14.0. The molecule has 0 radical (unpaired) electrons. The number of hydrogen-bond acceptors (Lipinski definition) is 4. The average Bonchev–Trinajstić information content (AvgIpc) is 2.70. The minimum atomic E-state index is 0. The first-order chi connectivity index (χ1) is 13.3. The van der Waals surface area contributed by atoms with Crippen molar-refractivity contribution in [1.29, 1.82) is 0 Å². The highest BCUT2D eigenvalue weighted by molar-refractivity contribution is 14.0. The lowest BCUT2D eigenvalue weighted by atomic mass is 10.1. The lowest BCUT2D eigenvalue weighted by Gasteiger charge is -2.14. The van der Waals surface area contributed by atoms with Gasteiger partial charge in [0.2, 0.25) is 0 Å². The Morgan fingerprint density at radius 3 is 2.25 bits per heavy atom. The molecule has 0 aliphatic heterocycles. The Labute approximate surface area is 185 Å². The zero-order valence-electron chi connectivity index (χ0n) is 16.9. The fraction of sp³-hybridized carbons (Fsp3) is 0.429. The molecular formula is C21H31IN4O2. The topological polar surface area (TPSA) is 67.8 Å². The molecule has 0 bridgehead atoms. The Balaban J connectivity index is 0.00000392. The van der Waals surface area contributed by atoms with E-state index >= 15 is 0 Å². The van der Waals surface area contributed by atoms with Crippen molar-refractivity contribution in [2.75, 3.05) is 33.4 Å². The highest BCUT2D eigenvalue weighted by Crippen LogP contribution is 2.28. The van der Waals surface area contributed by atoms with Gasteiger partial charge < -0.3 is 20.1 Å². The standard InChI is InChI=1S/C21H30N4O2.HI/c1-4-26-19-9-8-17(15-20(19)27-5-2)10-13-24-21(22-3)25-14-11-18-7-6-12-23-16-18;/h6-9,12,15-16H,4-5,10-11,13-14H2,1-3H3,(H2,22,24,25);1H. The molecule has 7 heteroatoms. The molecule has 1 aromatic heterocycles. The zero-order chi connectivity index (χ0) is 19.3. The van der Waals surface area contributed by atoms with Crippen molar-refractivity contribution in [3.63, 3.8) is 0 Å². The summed E-state index contributed by atoms with van der Waals surface area (Å²) in [7, 11) is 1.78. The number of pyridine rings is 1. The predicted octanol–water partition coefficient (Wildman–Crippen LogP) is 3.45. The van der Waals surface area contributed by atoms with Crippen molar-refractivity contribution < 1.29 is 9.47 Å². The first-order valence-corrected chi connectivity index (χ1v) is 9.48. The molecule has 1 aromatic carbocycles. The summed E-state index contributed by atoms with van der Waals surface area (Å²) in [5.41, 5.74) is 2.40. The Bertz CT molecular complexity index is 711. The van der Waals surface area contributed by atoms with Gasteiger partial charge in [0.1, 0.15) is 0 Å². The maximum Gasteiger partial charge on any atom is 0.190 e. The summed E-state index contributed by atoms with van der Waals surface area (Å²) < 4.78 is 11.3. The molecule has 0 atom stereocenters. The summed E-state index contributed by atoms with van der Waals surface area (Å²) >= 11 is 0. The lowest BCUT2D eigenvalue weighted by molar-refractivity contribution is 0.287. The molecule has 154 valence electrons. The molecule has 2 rings (SSSR count). The number of aromatic nitrogens is 1. The molecule has 0 spiro atoms. The third-order valence-corrected chi connectivity index (χ3v) is 3.97. The van der Waals surface area contributed by atoms with Gasteiger partial charge in [0.25, 0.3) is 0 Å². The number of hydrogen-bond donors (Lipinski definition) is 2. The van der Waals surface area contributed by atoms with E-state index in [4.69, 9.17) is 9.47 Å². The Hall–Kier alpha value is -2.03. The number of nitrogens with zero attached hydrogens (tertiary/aromatic N) is 2. The highest BCUT2D eigenvalue weighted by atomic mass is 127. The molecule has 1 heterocycles. The summed E-state index contributed by atoms with van der Waals surface area (Å²) in [6.07, 6.45) is 5.45. The summed E-state index contributed by atoms with van der Waals surface area (Å²) in [5.74, 6) is 2.40. The molecule has 28 heavy (non-hydrogen) atoms. The summed E-state index contributed by atoms with van der Waals surface area (Å²) in [4.78, 5) is 8.40. The molecule has 0 aliphatic rings. The molecule has 0 fully saturated rings. The van der Waals surface area contributed by atoms with E-state index in [0.717, 1.165) is 43.4 Å². The van der Waals surface area contributed by atoms with Crippen molar-refractivity contribution in [2.45, 2.75) is 26.7 Å². The van der Waals surface area contributed by atoms with Gasteiger partial charge >= 0.3 is 0 Å². The number of halogens is 1. The normalized spacial score (nSPS) is 10.8. The number of nitrogens with one attached hydrogen (secondary N) is 2. The zero-order valence-corrected chi connectivity index (χ0v) is 19.2. The van der Waals surface area contributed by atoms with Crippen molar-refractivity contribution in [1.82, 2.24) is 15.6 Å². The third-order valence-electron chi connectivity index (χ3n) is 3.97. The molecule has 0 aliphatic carbocycles. The SMILES string of the molecule is CCOc1ccc(CCNC(=NC)NCCc2cccnc2)cc1OCC.I. The Morgan fingerprint density at radius 1 is 0.964 bits per heavy atom. The van der Waals surface area contributed by atoms with Crippen molar-refractivity contribution >= 4 is 29.9 Å². The Morgan fingerprint density at radius 2 is 1.64 bits per heavy atom. The van der Waals surface area contributed by atoms with Gasteiger partial charge in [-0.2, -0.15) is 0 Å². The minimum absolute atomic E-state index is 0. The molecule has 6 nitrogen and oxygen atoms in total. The van der Waals surface area contributed by atoms with E-state index < -0.39 is 0 Å². The maximum atomic E-state index is 5.69. The van der Waals surface area contributed by atoms with Crippen LogP contribution in [0.1, 0.15) is 25.0 Å². The molecule has 2 N–H and O–H groups in total. The van der Waals surface area contributed by atoms with Crippen molar-refractivity contribution in [3.8, 4) is 11.5 Å². The maximum absolute atomic E-state index is 5.69. The number of benzene rings is 1. The number of guanidine groups is 1. The van der Waals surface area contributed by atoms with Gasteiger partial charge in [0.05, 0.1) is 13.2 Å². The second-order valence-corrected chi connectivity index (χ2v) is 5.93. The molecule has 0 saturated carbocycles. The highest BCUT2D eigenvalue weighted by Gasteiger charge is 2.06. The minimum Gasteiger partial charge on any atom is -0.490 e. The molecular weight excluding hydrogens is 467 g/mol. The van der Waals surface area contributed by atoms with Gasteiger partial charge in [-0.1, -0.05) is 12.1 Å². The van der Waals surface area contributed by atoms with Crippen LogP contribution in [-0.2, 0) is 12.8 Å². The third kappa shape index (κ3) is 8.33. The van der Waals surface area contributed by atoms with E-state index in [1.807, 2.05) is 32.2 Å². The van der Waals surface area contributed by atoms with Crippen LogP contribution in [0.5, 0.6) is 11.5 Å². The monoisotopic (exact) mass is 498 g/mol. The first kappa shape index (κ1) is 24.0. The molecule has 0 amide bonds. The molecule has 2 aromatic rings. The quantitative estimate of drug-likeness (QED) is 0.299. The van der Waals surface area contributed by atoms with Crippen LogP contribution in [0.4, 0.5) is 0 Å². The van der Waals surface area contributed by atoms with Crippen LogP contribution in [-0.4, -0.2) is 44.3 Å². The van der Waals surface area contributed by atoms with Gasteiger partial charge in [0.15, 0.2) is 17.5 Å². The van der Waals surface area contributed by atoms with E-state index in [1.54, 1.807) is 13.2 Å². The van der Waals surface area contributed by atoms with E-state index in [0.29, 0.717) is 13.2 Å². The van der Waals surface area contributed by atoms with Crippen LogP contribution < -0.4 is 20.1 Å². The van der Waals surface area contributed by atoms with Crippen LogP contribution in [0.3, 0.4) is 0 Å². The van der Waals surface area contributed by atoms with Gasteiger partial charge in [-0.25, -0.2) is 0 Å². The van der Waals surface area contributed by atoms with Gasteiger partial charge in [-0.15, -0.1) is 24.0 Å². The number of ether oxygens (including phenoxy) is 2. The fourth-order valence-electron chi connectivity index (χ4n) is 2.67. The second-order valence-electron chi connectivity index (χ2n) is 5.93. The largest absolute Gasteiger partial charge is 0.490 e. The van der Waals surface area contributed by atoms with Gasteiger partial charge in [-0.05, 0) is 56.0 Å². The van der Waals surface area contributed by atoms with Crippen LogP contribution in [0, 0.1) is 0 Å². The smallest absolute Gasteiger partial charge is 0.190 e. The number of aliphatic imine (C=N–C) groups is 1. The summed E-state index contributed by atoms with van der Waals surface area (Å²) in [6, 6.07) is 10.1. The van der Waals surface area contributed by atoms with E-state index in [1.165, 1.54) is 11.1 Å². The van der Waals surface area contributed by atoms with Gasteiger partial charge in [0, 0.05) is 32.5 Å². The van der Waals surface area contributed by atoms with E-state index in [9.17, 15) is 0 Å². The lowest BCUT2D eigenvalue weighted by Crippen LogP contribution is -2.39. The summed E-state index contributed by atoms with van der Waals surface area (Å²) in [6.45, 7) is 6.79. The van der Waals surface area contributed by atoms with Crippen molar-refractivity contribution in [2.24, 2.45) is 4.99 Å². The molecule has 0 unspecified atom stereocenters. The van der Waals surface area contributed by atoms with Crippen LogP contribution in [0.15, 0.2) is 47.7 Å². The molecule has 0 saturated heterocycles. The average molecular weight is 498 g/mol. The fourth-order valence-corrected chi connectivity index (χ4v) is 2.67. The van der Waals surface area contributed by atoms with Crippen LogP contribution in [0.2, 0.25) is 0 Å². The number of rotatable bonds is 10. The van der Waals surface area contributed by atoms with Crippen LogP contribution >= 0.6 is 24.0 Å². The van der Waals surface area contributed by atoms with E-state index in [2.05, 4.69) is 38.8 Å². The van der Waals surface area contributed by atoms with Crippen LogP contribution in [0.25, 0.3) is 0 Å². The van der Waals surface area contributed by atoms with Crippen molar-refractivity contribution in [3.05, 3.63) is 53.9 Å². The predicted molar refractivity (Wildman–Crippen MR) is 125 cm³/mol. The first-order valence-electron chi connectivity index (χ1n) is 9.48.